The maximum absolute atomic E-state index is 13.2. The summed E-state index contributed by atoms with van der Waals surface area (Å²) >= 11 is 7.40. The van der Waals surface area contributed by atoms with Gasteiger partial charge in [0.25, 0.3) is 16.0 Å². The van der Waals surface area contributed by atoms with Gasteiger partial charge in [-0.25, -0.2) is 9.97 Å². The molecule has 33 heavy (non-hydrogen) atoms. The lowest BCUT2D eigenvalue weighted by Crippen LogP contribution is -2.24. The Hall–Kier alpha value is -2.60. The fourth-order valence-corrected chi connectivity index (χ4v) is 5.53. The molecule has 1 aliphatic rings. The lowest BCUT2D eigenvalue weighted by molar-refractivity contribution is 0.102. The summed E-state index contributed by atoms with van der Waals surface area (Å²) in [6, 6.07) is 3.42. The van der Waals surface area contributed by atoms with Gasteiger partial charge >= 0.3 is 0 Å². The minimum Gasteiger partial charge on any atom is -0.494 e. The van der Waals surface area contributed by atoms with Gasteiger partial charge in [-0.1, -0.05) is 11.6 Å². The number of methoxy groups -OCH3 is 1. The van der Waals surface area contributed by atoms with Crippen LogP contribution in [0.4, 0.5) is 5.13 Å². The van der Waals surface area contributed by atoms with Crippen LogP contribution in [0, 0.1) is 6.92 Å². The van der Waals surface area contributed by atoms with Crippen LogP contribution in [-0.4, -0.2) is 48.7 Å². The molecule has 12 heteroatoms. The van der Waals surface area contributed by atoms with Crippen molar-refractivity contribution in [1.29, 1.82) is 0 Å². The van der Waals surface area contributed by atoms with Gasteiger partial charge in [0.15, 0.2) is 5.13 Å². The summed E-state index contributed by atoms with van der Waals surface area (Å²) in [7, 11) is -2.02. The lowest BCUT2D eigenvalue weighted by Gasteiger charge is -2.19. The number of halogens is 1. The van der Waals surface area contributed by atoms with Crippen molar-refractivity contribution in [3.05, 3.63) is 51.5 Å². The molecule has 4 rings (SSSR count). The Morgan fingerprint density at radius 1 is 1.24 bits per heavy atom. The summed E-state index contributed by atoms with van der Waals surface area (Å²) in [5.74, 6) is 0.0863. The average molecular weight is 509 g/mol. The Kier molecular flexibility index (Phi) is 6.66. The van der Waals surface area contributed by atoms with Crippen molar-refractivity contribution in [3.63, 3.8) is 0 Å². The molecule has 0 saturated carbocycles. The average Bonchev–Trinajstić information content (AvgIpc) is 3.13. The van der Waals surface area contributed by atoms with E-state index in [2.05, 4.69) is 20.3 Å². The molecule has 9 nitrogen and oxygen atoms in total. The van der Waals surface area contributed by atoms with E-state index in [1.165, 1.54) is 30.8 Å². The van der Waals surface area contributed by atoms with Crippen molar-refractivity contribution in [3.8, 4) is 16.9 Å². The van der Waals surface area contributed by atoms with Crippen LogP contribution in [0.2, 0.25) is 5.15 Å². The van der Waals surface area contributed by atoms with Crippen LogP contribution < -0.4 is 10.1 Å². The molecule has 1 aliphatic carbocycles. The highest BCUT2D eigenvalue weighted by atomic mass is 35.5. The predicted octanol–water partition coefficient (Wildman–Crippen LogP) is 3.66. The third kappa shape index (κ3) is 5.49. The number of rotatable bonds is 6. The maximum Gasteiger partial charge on any atom is 0.264 e. The Labute approximate surface area is 200 Å². The second-order valence-corrected chi connectivity index (χ2v) is 10.7. The van der Waals surface area contributed by atoms with Crippen molar-refractivity contribution >= 4 is 44.1 Å². The van der Waals surface area contributed by atoms with Crippen molar-refractivity contribution < 1.29 is 22.1 Å². The maximum atomic E-state index is 13.2. The van der Waals surface area contributed by atoms with Crippen molar-refractivity contribution in [2.45, 2.75) is 32.3 Å². The van der Waals surface area contributed by atoms with Crippen molar-refractivity contribution in [1.82, 2.24) is 15.0 Å². The SMILES string of the molecule is COc1cnc(Cl)cc1-c1cc(C)ncc1C(=O)Nc1nc2c(s1)CC(OS(C)(=O)=O)CC2. The molecule has 3 aromatic heterocycles. The molecule has 1 N–H and O–H groups in total. The number of ether oxygens (including phenoxy) is 1. The summed E-state index contributed by atoms with van der Waals surface area (Å²) in [5.41, 5.74) is 3.11. The van der Waals surface area contributed by atoms with Crippen molar-refractivity contribution in [2.24, 2.45) is 0 Å². The number of aryl methyl sites for hydroxylation is 2. The Balaban J connectivity index is 1.61. The quantitative estimate of drug-likeness (QED) is 0.395. The molecule has 0 bridgehead atoms. The molecule has 1 atom stereocenters. The summed E-state index contributed by atoms with van der Waals surface area (Å²) in [4.78, 5) is 26.9. The highest BCUT2D eigenvalue weighted by molar-refractivity contribution is 7.86. The van der Waals surface area contributed by atoms with Gasteiger partial charge in [-0.15, -0.1) is 11.3 Å². The minimum atomic E-state index is -3.53. The molecule has 1 amide bonds. The molecule has 0 saturated heterocycles. The van der Waals surface area contributed by atoms with Crippen LogP contribution in [0.15, 0.2) is 24.5 Å². The lowest BCUT2D eigenvalue weighted by atomic mass is 10.0. The van der Waals surface area contributed by atoms with Crippen LogP contribution in [0.25, 0.3) is 11.1 Å². The Bertz CT molecular complexity index is 1330. The van der Waals surface area contributed by atoms with Gasteiger partial charge in [-0.2, -0.15) is 8.42 Å². The zero-order valence-electron chi connectivity index (χ0n) is 18.1. The number of anilines is 1. The number of pyridine rings is 2. The molecule has 0 aliphatic heterocycles. The van der Waals surface area contributed by atoms with Crippen LogP contribution >= 0.6 is 22.9 Å². The Morgan fingerprint density at radius 3 is 2.76 bits per heavy atom. The fourth-order valence-electron chi connectivity index (χ4n) is 3.65. The summed E-state index contributed by atoms with van der Waals surface area (Å²) in [6.45, 7) is 1.82. The van der Waals surface area contributed by atoms with Gasteiger partial charge < -0.3 is 4.74 Å². The third-order valence-electron chi connectivity index (χ3n) is 5.06. The molecule has 0 aromatic carbocycles. The molecular weight excluding hydrogens is 488 g/mol. The van der Waals surface area contributed by atoms with Crippen LogP contribution in [0.5, 0.6) is 5.75 Å². The van der Waals surface area contributed by atoms with Crippen LogP contribution in [0.3, 0.4) is 0 Å². The van der Waals surface area contributed by atoms with E-state index in [0.717, 1.165) is 22.5 Å². The molecule has 3 aromatic rings. The molecule has 0 spiro atoms. The number of thiazole rings is 1. The van der Waals surface area contributed by atoms with Gasteiger partial charge in [-0.05, 0) is 31.9 Å². The number of nitrogens with one attached hydrogen (secondary N) is 1. The second-order valence-electron chi connectivity index (χ2n) is 7.59. The van der Waals surface area contributed by atoms with E-state index in [4.69, 9.17) is 20.5 Å². The molecular formula is C21H21ClN4O5S2. The number of fused-ring (bicyclic) bond motifs is 1. The highest BCUT2D eigenvalue weighted by Gasteiger charge is 2.27. The molecule has 0 radical (unpaired) electrons. The van der Waals surface area contributed by atoms with Gasteiger partial charge in [-0.3, -0.25) is 19.3 Å². The van der Waals surface area contributed by atoms with E-state index in [1.807, 2.05) is 6.92 Å². The van der Waals surface area contributed by atoms with E-state index in [9.17, 15) is 13.2 Å². The highest BCUT2D eigenvalue weighted by Crippen LogP contribution is 2.35. The normalized spacial score (nSPS) is 15.7. The van der Waals surface area contributed by atoms with Gasteiger partial charge in [0.05, 0.1) is 36.9 Å². The molecule has 1 unspecified atom stereocenters. The van der Waals surface area contributed by atoms with Gasteiger partial charge in [0, 0.05) is 34.3 Å². The number of hydrogen-bond donors (Lipinski definition) is 1. The first-order valence-electron chi connectivity index (χ1n) is 9.97. The topological polar surface area (TPSA) is 120 Å². The Morgan fingerprint density at radius 2 is 2.03 bits per heavy atom. The molecule has 0 fully saturated rings. The number of aromatic nitrogens is 3. The number of nitrogens with zero attached hydrogens (tertiary/aromatic N) is 3. The number of carbonyl (C=O) groups excluding carboxylic acids is 1. The zero-order chi connectivity index (χ0) is 23.8. The zero-order valence-corrected chi connectivity index (χ0v) is 20.5. The van der Waals surface area contributed by atoms with E-state index >= 15 is 0 Å². The first-order valence-corrected chi connectivity index (χ1v) is 13.0. The number of carbonyl (C=O) groups is 1. The first-order chi connectivity index (χ1) is 15.6. The third-order valence-corrected chi connectivity index (χ3v) is 6.92. The predicted molar refractivity (Wildman–Crippen MR) is 126 cm³/mol. The standard InChI is InChI=1S/C21H21ClN4O5S2/c1-11-6-13(14-8-19(22)24-10-17(14)30-2)15(9-23-11)20(27)26-21-25-16-5-4-12(7-18(16)32-21)31-33(3,28)29/h6,8-10,12H,4-5,7H2,1-3H3,(H,25,26,27). The molecule has 3 heterocycles. The van der Waals surface area contributed by atoms with Crippen molar-refractivity contribution in [2.75, 3.05) is 18.7 Å². The largest absolute Gasteiger partial charge is 0.494 e. The first kappa shape index (κ1) is 23.6. The second kappa shape index (κ2) is 9.34. The molecule has 174 valence electrons. The van der Waals surface area contributed by atoms with Gasteiger partial charge in [0.1, 0.15) is 10.9 Å². The number of hydrogen-bond acceptors (Lipinski definition) is 9. The smallest absolute Gasteiger partial charge is 0.264 e. The fraction of sp³-hybridized carbons (Fsp3) is 0.333. The summed E-state index contributed by atoms with van der Waals surface area (Å²) in [6.07, 6.45) is 5.17. The van der Waals surface area contributed by atoms with E-state index in [0.29, 0.717) is 46.8 Å². The monoisotopic (exact) mass is 508 g/mol. The van der Waals surface area contributed by atoms with E-state index in [-0.39, 0.29) is 11.1 Å². The van der Waals surface area contributed by atoms with E-state index < -0.39 is 16.2 Å². The van der Waals surface area contributed by atoms with E-state index in [1.54, 1.807) is 12.1 Å². The summed E-state index contributed by atoms with van der Waals surface area (Å²) < 4.78 is 33.4. The van der Waals surface area contributed by atoms with Crippen LogP contribution in [-0.2, 0) is 27.1 Å². The summed E-state index contributed by atoms with van der Waals surface area (Å²) in [5, 5.41) is 3.54. The van der Waals surface area contributed by atoms with Gasteiger partial charge in [0.2, 0.25) is 0 Å². The minimum absolute atomic E-state index is 0.269. The van der Waals surface area contributed by atoms with Crippen LogP contribution in [0.1, 0.15) is 33.0 Å². The number of amides is 1.